The smallest absolute Gasteiger partial charge is 0.348 e. The van der Waals surface area contributed by atoms with E-state index in [0.29, 0.717) is 13.0 Å². The maximum absolute atomic E-state index is 10.9. The molecule has 0 aliphatic rings. The summed E-state index contributed by atoms with van der Waals surface area (Å²) in [5, 5.41) is 8.44. The van der Waals surface area contributed by atoms with E-state index in [1.165, 1.54) is 0 Å². The van der Waals surface area contributed by atoms with Crippen molar-refractivity contribution in [3.8, 4) is 6.07 Å². The molecule has 60 valence electrons. The van der Waals surface area contributed by atoms with Gasteiger partial charge < -0.3 is 4.74 Å². The Hall–Kier alpha value is -1.30. The summed E-state index contributed by atoms with van der Waals surface area (Å²) in [6.07, 6.45) is 2.22. The Balaban J connectivity index is 4.18. The molecule has 0 aliphatic heterocycles. The number of esters is 1. The van der Waals surface area contributed by atoms with E-state index in [0.717, 1.165) is 0 Å². The van der Waals surface area contributed by atoms with Gasteiger partial charge in [-0.2, -0.15) is 5.26 Å². The highest BCUT2D eigenvalue weighted by atomic mass is 16.5. The number of carbonyl (C=O) groups excluding carboxylic acids is 1. The molecule has 0 amide bonds. The van der Waals surface area contributed by atoms with E-state index >= 15 is 0 Å². The molecule has 0 aromatic carbocycles. The van der Waals surface area contributed by atoms with Crippen molar-refractivity contribution >= 4 is 5.97 Å². The molecule has 0 atom stereocenters. The van der Waals surface area contributed by atoms with Crippen LogP contribution >= 0.6 is 0 Å². The van der Waals surface area contributed by atoms with E-state index in [9.17, 15) is 4.79 Å². The van der Waals surface area contributed by atoms with Crippen molar-refractivity contribution in [2.75, 3.05) is 6.61 Å². The predicted octanol–water partition coefficient (Wildman–Crippen LogP) is 1.41. The largest absolute Gasteiger partial charge is 0.462 e. The number of nitrogens with zero attached hydrogens (tertiary/aromatic N) is 1. The van der Waals surface area contributed by atoms with Gasteiger partial charge in [0.2, 0.25) is 0 Å². The van der Waals surface area contributed by atoms with Crippen LogP contribution in [-0.2, 0) is 9.53 Å². The Labute approximate surface area is 66.3 Å². The molecule has 0 spiro atoms. The zero-order valence-corrected chi connectivity index (χ0v) is 6.76. The maximum Gasteiger partial charge on any atom is 0.348 e. The van der Waals surface area contributed by atoms with Gasteiger partial charge in [0, 0.05) is 0 Å². The third kappa shape index (κ3) is 3.41. The fourth-order valence-electron chi connectivity index (χ4n) is 0.588. The van der Waals surface area contributed by atoms with Crippen LogP contribution in [0.5, 0.6) is 0 Å². The number of hydrogen-bond acceptors (Lipinski definition) is 3. The van der Waals surface area contributed by atoms with E-state index in [-0.39, 0.29) is 5.57 Å². The number of allylic oxidation sites excluding steroid dienone is 1. The molecule has 0 heterocycles. The van der Waals surface area contributed by atoms with Crippen LogP contribution in [0.25, 0.3) is 0 Å². The fraction of sp³-hybridized carbons (Fsp3) is 0.500. The lowest BCUT2D eigenvalue weighted by molar-refractivity contribution is -0.138. The maximum atomic E-state index is 10.9. The SMILES string of the molecule is CC/C=C(/C#N)C(=O)OCC. The van der Waals surface area contributed by atoms with Crippen LogP contribution in [-0.4, -0.2) is 12.6 Å². The van der Waals surface area contributed by atoms with E-state index in [4.69, 9.17) is 5.26 Å². The Bertz CT molecular complexity index is 201. The lowest BCUT2D eigenvalue weighted by Gasteiger charge is -1.97. The van der Waals surface area contributed by atoms with Crippen LogP contribution in [0.2, 0.25) is 0 Å². The van der Waals surface area contributed by atoms with E-state index in [2.05, 4.69) is 4.74 Å². The third-order valence-electron chi connectivity index (χ3n) is 1.02. The number of ether oxygens (including phenoxy) is 1. The normalized spacial score (nSPS) is 10.5. The lowest BCUT2D eigenvalue weighted by Crippen LogP contribution is -2.05. The summed E-state index contributed by atoms with van der Waals surface area (Å²) >= 11 is 0. The van der Waals surface area contributed by atoms with Gasteiger partial charge in [-0.1, -0.05) is 13.0 Å². The Morgan fingerprint density at radius 1 is 1.64 bits per heavy atom. The zero-order chi connectivity index (χ0) is 8.69. The molecule has 0 unspecified atom stereocenters. The van der Waals surface area contributed by atoms with Crippen molar-refractivity contribution in [3.63, 3.8) is 0 Å². The second kappa shape index (κ2) is 5.48. The summed E-state index contributed by atoms with van der Waals surface area (Å²) in [7, 11) is 0. The third-order valence-corrected chi connectivity index (χ3v) is 1.02. The molecule has 11 heavy (non-hydrogen) atoms. The summed E-state index contributed by atoms with van der Waals surface area (Å²) in [5.74, 6) is -0.531. The van der Waals surface area contributed by atoms with Crippen molar-refractivity contribution in [1.82, 2.24) is 0 Å². The van der Waals surface area contributed by atoms with Crippen molar-refractivity contribution in [3.05, 3.63) is 11.6 Å². The number of hydrogen-bond donors (Lipinski definition) is 0. The fourth-order valence-corrected chi connectivity index (χ4v) is 0.588. The molecule has 0 N–H and O–H groups in total. The minimum atomic E-state index is -0.531. The molecule has 3 nitrogen and oxygen atoms in total. The summed E-state index contributed by atoms with van der Waals surface area (Å²) in [4.78, 5) is 10.9. The molecule has 3 heteroatoms. The first kappa shape index (κ1) is 9.70. The molecule has 0 rings (SSSR count). The van der Waals surface area contributed by atoms with Crippen molar-refractivity contribution in [2.24, 2.45) is 0 Å². The van der Waals surface area contributed by atoms with E-state index < -0.39 is 5.97 Å². The standard InChI is InChI=1S/C8H11NO2/c1-3-5-7(6-9)8(10)11-4-2/h5H,3-4H2,1-2H3/b7-5-. The second-order valence-corrected chi connectivity index (χ2v) is 1.86. The average Bonchev–Trinajstić information content (AvgIpc) is 2.00. The zero-order valence-electron chi connectivity index (χ0n) is 6.76. The van der Waals surface area contributed by atoms with Crippen molar-refractivity contribution in [2.45, 2.75) is 20.3 Å². The summed E-state index contributed by atoms with van der Waals surface area (Å²) in [5.41, 5.74) is 0.0920. The van der Waals surface area contributed by atoms with Gasteiger partial charge in [-0.3, -0.25) is 0 Å². The monoisotopic (exact) mass is 153 g/mol. The van der Waals surface area contributed by atoms with Crippen LogP contribution in [0.4, 0.5) is 0 Å². The first-order chi connectivity index (χ1) is 5.26. The molecule has 0 aliphatic carbocycles. The van der Waals surface area contributed by atoms with E-state index in [1.54, 1.807) is 19.1 Å². The van der Waals surface area contributed by atoms with Gasteiger partial charge in [0.05, 0.1) is 6.61 Å². The minimum absolute atomic E-state index is 0.0920. The Kier molecular flexibility index (Phi) is 4.83. The molecule has 0 aromatic heterocycles. The average molecular weight is 153 g/mol. The predicted molar refractivity (Wildman–Crippen MR) is 40.6 cm³/mol. The van der Waals surface area contributed by atoms with Crippen molar-refractivity contribution < 1.29 is 9.53 Å². The van der Waals surface area contributed by atoms with Crippen LogP contribution < -0.4 is 0 Å². The molecule has 0 radical (unpaired) electrons. The van der Waals surface area contributed by atoms with Gasteiger partial charge in [-0.25, -0.2) is 4.79 Å². The van der Waals surface area contributed by atoms with Crippen LogP contribution in [0.15, 0.2) is 11.6 Å². The van der Waals surface area contributed by atoms with Gasteiger partial charge in [0.1, 0.15) is 11.6 Å². The molecule has 0 saturated heterocycles. The van der Waals surface area contributed by atoms with Gasteiger partial charge in [-0.15, -0.1) is 0 Å². The lowest BCUT2D eigenvalue weighted by atomic mass is 10.2. The van der Waals surface area contributed by atoms with E-state index in [1.807, 2.05) is 6.92 Å². The molecule has 0 bridgehead atoms. The van der Waals surface area contributed by atoms with Gasteiger partial charge in [-0.05, 0) is 13.3 Å². The van der Waals surface area contributed by atoms with Crippen LogP contribution in [0.1, 0.15) is 20.3 Å². The molecule has 0 aromatic rings. The molecular weight excluding hydrogens is 142 g/mol. The van der Waals surface area contributed by atoms with Gasteiger partial charge >= 0.3 is 5.97 Å². The second-order valence-electron chi connectivity index (χ2n) is 1.86. The van der Waals surface area contributed by atoms with Crippen molar-refractivity contribution in [1.29, 1.82) is 5.26 Å². The molecule has 0 fully saturated rings. The molecular formula is C8H11NO2. The summed E-state index contributed by atoms with van der Waals surface area (Å²) in [6.45, 7) is 3.87. The Morgan fingerprint density at radius 3 is 2.64 bits per heavy atom. The topological polar surface area (TPSA) is 50.1 Å². The molecule has 0 saturated carbocycles. The van der Waals surface area contributed by atoms with Crippen LogP contribution in [0, 0.1) is 11.3 Å². The number of carbonyl (C=O) groups is 1. The van der Waals surface area contributed by atoms with Gasteiger partial charge in [0.25, 0.3) is 0 Å². The summed E-state index contributed by atoms with van der Waals surface area (Å²) < 4.78 is 4.62. The number of nitriles is 1. The van der Waals surface area contributed by atoms with Crippen LogP contribution in [0.3, 0.4) is 0 Å². The minimum Gasteiger partial charge on any atom is -0.462 e. The first-order valence-electron chi connectivity index (χ1n) is 3.53. The Morgan fingerprint density at radius 2 is 2.27 bits per heavy atom. The highest BCUT2D eigenvalue weighted by Gasteiger charge is 2.07. The highest BCUT2D eigenvalue weighted by Crippen LogP contribution is 1.97. The quantitative estimate of drug-likeness (QED) is 0.350. The van der Waals surface area contributed by atoms with Gasteiger partial charge in [0.15, 0.2) is 0 Å². The highest BCUT2D eigenvalue weighted by molar-refractivity contribution is 5.92. The first-order valence-corrected chi connectivity index (χ1v) is 3.53. The summed E-state index contributed by atoms with van der Waals surface area (Å²) in [6, 6.07) is 1.77. The number of rotatable bonds is 3.